The molecule has 19 heteroatoms. The molecule has 3 N–H and O–H groups in total. The predicted molar refractivity (Wildman–Crippen MR) is 428 cm³/mol. The van der Waals surface area contributed by atoms with Crippen LogP contribution in [0.5, 0.6) is 0 Å². The van der Waals surface area contributed by atoms with Gasteiger partial charge in [-0.25, -0.2) is 9.13 Å². The summed E-state index contributed by atoms with van der Waals surface area (Å²) in [5, 5.41) is 10.7. The van der Waals surface area contributed by atoms with Crippen molar-refractivity contribution in [1.82, 2.24) is 0 Å². The number of carbonyl (C=O) groups excluding carboxylic acids is 4. The smallest absolute Gasteiger partial charge is 0.462 e. The van der Waals surface area contributed by atoms with E-state index in [2.05, 4.69) is 48.5 Å². The van der Waals surface area contributed by atoms with Crippen LogP contribution in [-0.4, -0.2) is 96.7 Å². The van der Waals surface area contributed by atoms with Crippen molar-refractivity contribution in [3.63, 3.8) is 0 Å². The molecule has 0 aromatic carbocycles. The lowest BCUT2D eigenvalue weighted by atomic mass is 9.99. The van der Waals surface area contributed by atoms with Crippen LogP contribution in [0.25, 0.3) is 0 Å². The van der Waals surface area contributed by atoms with E-state index in [1.54, 1.807) is 0 Å². The van der Waals surface area contributed by atoms with Crippen LogP contribution in [0.2, 0.25) is 0 Å². The van der Waals surface area contributed by atoms with Gasteiger partial charge in [-0.15, -0.1) is 0 Å². The number of aliphatic hydroxyl groups is 1. The molecule has 17 nitrogen and oxygen atoms in total. The van der Waals surface area contributed by atoms with Crippen LogP contribution in [0.3, 0.4) is 0 Å². The second kappa shape index (κ2) is 75.1. The summed E-state index contributed by atoms with van der Waals surface area (Å²) in [6.07, 6.45) is 65.1. The highest BCUT2D eigenvalue weighted by molar-refractivity contribution is 7.47. The summed E-state index contributed by atoms with van der Waals surface area (Å²) >= 11 is 0. The number of carbonyl (C=O) groups is 4. The van der Waals surface area contributed by atoms with Gasteiger partial charge < -0.3 is 33.8 Å². The van der Waals surface area contributed by atoms with E-state index in [0.29, 0.717) is 25.7 Å². The molecule has 0 aromatic rings. The molecule has 0 amide bonds. The number of ether oxygens (including phenoxy) is 4. The van der Waals surface area contributed by atoms with Crippen molar-refractivity contribution in [2.45, 2.75) is 465 Å². The average molecular weight is 1520 g/mol. The molecule has 0 aliphatic carbocycles. The lowest BCUT2D eigenvalue weighted by Gasteiger charge is -2.21. The third-order valence-electron chi connectivity index (χ3n) is 20.2. The molecule has 0 bridgehead atoms. The van der Waals surface area contributed by atoms with Gasteiger partial charge >= 0.3 is 39.5 Å². The van der Waals surface area contributed by atoms with Crippen LogP contribution in [-0.2, 0) is 65.4 Å². The van der Waals surface area contributed by atoms with E-state index in [1.165, 1.54) is 257 Å². The summed E-state index contributed by atoms with van der Waals surface area (Å²) < 4.78 is 68.9. The summed E-state index contributed by atoms with van der Waals surface area (Å²) in [5.41, 5.74) is 0. The fraction of sp³-hybridized carbons (Fsp3) is 0.953. The molecule has 0 spiro atoms. The zero-order valence-electron chi connectivity index (χ0n) is 68.5. The zero-order valence-corrected chi connectivity index (χ0v) is 70.3. The van der Waals surface area contributed by atoms with Crippen LogP contribution >= 0.6 is 15.6 Å². The van der Waals surface area contributed by atoms with Gasteiger partial charge in [0.05, 0.1) is 26.4 Å². The van der Waals surface area contributed by atoms with Crippen molar-refractivity contribution in [1.29, 1.82) is 0 Å². The molecule has 0 aliphatic rings. The summed E-state index contributed by atoms with van der Waals surface area (Å²) in [4.78, 5) is 73.2. The molecule has 0 aliphatic heterocycles. The van der Waals surface area contributed by atoms with Crippen molar-refractivity contribution in [3.8, 4) is 0 Å². The van der Waals surface area contributed by atoms with Gasteiger partial charge in [0.25, 0.3) is 0 Å². The molecular formula is C85H166O17P2. The molecule has 0 saturated carbocycles. The molecule has 0 fully saturated rings. The molecule has 3 unspecified atom stereocenters. The van der Waals surface area contributed by atoms with E-state index in [0.717, 1.165) is 108 Å². The lowest BCUT2D eigenvalue weighted by Crippen LogP contribution is -2.30. The standard InChI is InChI=1S/C85H166O17P2/c1-8-10-11-12-13-14-15-16-27-33-38-47-54-61-68-84(89)102-81(73-96-83(88)67-60-53-46-41-40-44-51-58-65-78(7)9-2)75-100-104(93,94)98-71-79(86)70-97-103(91,92)99-74-80(72-95-82(87)66-59-52-45-37-32-28-24-23-26-31-36-43-50-57-64-77(5)6)101-85(90)69-62-55-48-39-34-29-22-20-18-17-19-21-25-30-35-42-49-56-63-76(3)4/h76-81,86H,8-75H2,1-7H3,(H,91,92)(H,93,94)/t78?,79-,80-,81-/m1/s1. The molecule has 618 valence electrons. The number of hydrogen-bond donors (Lipinski definition) is 3. The summed E-state index contributed by atoms with van der Waals surface area (Å²) in [5.74, 6) is 0.293. The maximum Gasteiger partial charge on any atom is 0.472 e. The fourth-order valence-corrected chi connectivity index (χ4v) is 14.7. The van der Waals surface area contributed by atoms with Gasteiger partial charge in [0, 0.05) is 25.7 Å². The highest BCUT2D eigenvalue weighted by Crippen LogP contribution is 2.45. The van der Waals surface area contributed by atoms with Crippen molar-refractivity contribution in [2.75, 3.05) is 39.6 Å². The number of phosphoric ester groups is 2. The number of esters is 4. The number of aliphatic hydroxyl groups excluding tert-OH is 1. The Hall–Kier alpha value is -1.94. The van der Waals surface area contributed by atoms with Crippen LogP contribution in [0, 0.1) is 17.8 Å². The van der Waals surface area contributed by atoms with Crippen LogP contribution in [0.4, 0.5) is 0 Å². The van der Waals surface area contributed by atoms with E-state index >= 15 is 0 Å². The van der Waals surface area contributed by atoms with Crippen molar-refractivity contribution < 1.29 is 80.2 Å². The summed E-state index contributed by atoms with van der Waals surface area (Å²) in [6.45, 7) is 12.0. The Balaban J connectivity index is 5.25. The Morgan fingerprint density at radius 1 is 0.279 bits per heavy atom. The minimum Gasteiger partial charge on any atom is -0.462 e. The monoisotopic (exact) mass is 1520 g/mol. The molecule has 104 heavy (non-hydrogen) atoms. The minimum absolute atomic E-state index is 0.108. The molecule has 0 saturated heterocycles. The minimum atomic E-state index is -4.97. The highest BCUT2D eigenvalue weighted by Gasteiger charge is 2.30. The number of hydrogen-bond acceptors (Lipinski definition) is 15. The molecule has 0 heterocycles. The number of unbranched alkanes of at least 4 members (excludes halogenated alkanes) is 50. The molecular weight excluding hydrogens is 1350 g/mol. The first kappa shape index (κ1) is 102. The van der Waals surface area contributed by atoms with E-state index < -0.39 is 97.5 Å². The molecule has 0 aromatic heterocycles. The van der Waals surface area contributed by atoms with E-state index in [1.807, 2.05) is 0 Å². The van der Waals surface area contributed by atoms with Gasteiger partial charge in [0.2, 0.25) is 0 Å². The zero-order chi connectivity index (χ0) is 76.5. The van der Waals surface area contributed by atoms with Crippen molar-refractivity contribution >= 4 is 39.5 Å². The molecule has 6 atom stereocenters. The van der Waals surface area contributed by atoms with Crippen molar-refractivity contribution in [3.05, 3.63) is 0 Å². The second-order valence-corrected chi connectivity index (χ2v) is 34.7. The topological polar surface area (TPSA) is 237 Å². The van der Waals surface area contributed by atoms with Gasteiger partial charge in [-0.3, -0.25) is 37.3 Å². The quantitative estimate of drug-likeness (QED) is 0.0222. The lowest BCUT2D eigenvalue weighted by molar-refractivity contribution is -0.161. The third kappa shape index (κ3) is 76.8. The normalized spacial score (nSPS) is 14.2. The fourth-order valence-electron chi connectivity index (χ4n) is 13.2. The van der Waals surface area contributed by atoms with E-state index in [-0.39, 0.29) is 25.7 Å². The maximum absolute atomic E-state index is 13.1. The first-order valence-corrected chi connectivity index (χ1v) is 46.9. The predicted octanol–water partition coefficient (Wildman–Crippen LogP) is 25.7. The van der Waals surface area contributed by atoms with Crippen LogP contribution in [0.15, 0.2) is 0 Å². The van der Waals surface area contributed by atoms with E-state index in [9.17, 15) is 43.2 Å². The summed E-state index contributed by atoms with van der Waals surface area (Å²) in [6, 6.07) is 0. The number of rotatable bonds is 83. The Morgan fingerprint density at radius 2 is 0.490 bits per heavy atom. The van der Waals surface area contributed by atoms with Crippen molar-refractivity contribution in [2.24, 2.45) is 17.8 Å². The average Bonchev–Trinajstić information content (AvgIpc) is 0.904. The molecule has 0 radical (unpaired) electrons. The Kier molecular flexibility index (Phi) is 73.7. The Labute approximate surface area is 638 Å². The first-order chi connectivity index (χ1) is 50.3. The van der Waals surface area contributed by atoms with Crippen LogP contribution in [0.1, 0.15) is 447 Å². The van der Waals surface area contributed by atoms with Gasteiger partial charge in [-0.2, -0.15) is 0 Å². The van der Waals surface area contributed by atoms with Gasteiger partial charge in [0.1, 0.15) is 19.3 Å². The molecule has 0 rings (SSSR count). The van der Waals surface area contributed by atoms with Gasteiger partial charge in [-0.1, -0.05) is 395 Å². The van der Waals surface area contributed by atoms with Gasteiger partial charge in [0.15, 0.2) is 12.2 Å². The number of phosphoric acid groups is 2. The highest BCUT2D eigenvalue weighted by atomic mass is 31.2. The second-order valence-electron chi connectivity index (χ2n) is 31.8. The Morgan fingerprint density at radius 3 is 0.731 bits per heavy atom. The maximum atomic E-state index is 13.1. The third-order valence-corrected chi connectivity index (χ3v) is 22.1. The first-order valence-electron chi connectivity index (χ1n) is 43.9. The van der Waals surface area contributed by atoms with E-state index in [4.69, 9.17) is 37.0 Å². The SMILES string of the molecule is CCCCCCCCCCCCCCCCC(=O)O[C@H](COC(=O)CCCCCCCCCCC(C)CC)COP(=O)(O)OC[C@H](O)COP(=O)(O)OC[C@@H](COC(=O)CCCCCCCCCCCCCCCCC(C)C)OC(=O)CCCCCCCCCCCCCCCCCCCCC(C)C. The van der Waals surface area contributed by atoms with Gasteiger partial charge in [-0.05, 0) is 43.4 Å². The Bertz CT molecular complexity index is 2010. The van der Waals surface area contributed by atoms with Crippen LogP contribution < -0.4 is 0 Å². The summed E-state index contributed by atoms with van der Waals surface area (Å²) in [7, 11) is -9.93. The largest absolute Gasteiger partial charge is 0.472 e.